The molecule has 0 radical (unpaired) electrons. The summed E-state index contributed by atoms with van der Waals surface area (Å²) in [6.45, 7) is 0.535. The summed E-state index contributed by atoms with van der Waals surface area (Å²) in [7, 11) is 1.46. The molecule has 0 saturated carbocycles. The Balaban J connectivity index is 1.74. The largest absolute Gasteiger partial charge is 0.496 e. The quantitative estimate of drug-likeness (QED) is 0.725. The van der Waals surface area contributed by atoms with E-state index >= 15 is 0 Å². The Morgan fingerprint density at radius 3 is 2.75 bits per heavy atom. The molecule has 4 amide bonds. The van der Waals surface area contributed by atoms with Crippen molar-refractivity contribution in [3.05, 3.63) is 28.3 Å². The summed E-state index contributed by atoms with van der Waals surface area (Å²) in [5.41, 5.74) is 2.23. The Hall–Kier alpha value is -2.90. The van der Waals surface area contributed by atoms with Crippen molar-refractivity contribution >= 4 is 23.6 Å². The molecule has 8 heteroatoms. The standard InChI is InChI=1S/C16H15N3O5/c1-24-13-9-6-19(10-2-3-11(20)18-14(10)21)16(23)8(9)4-7-5-17-15(22)12(7)13/h4,10H,2-3,5-6H2,1H3,(H,17,22)(H,18,20,21). The third-order valence-corrected chi connectivity index (χ3v) is 4.74. The van der Waals surface area contributed by atoms with Crippen molar-refractivity contribution in [3.63, 3.8) is 0 Å². The van der Waals surface area contributed by atoms with Crippen LogP contribution in [0.25, 0.3) is 0 Å². The molecule has 1 atom stereocenters. The number of imide groups is 1. The number of amides is 4. The summed E-state index contributed by atoms with van der Waals surface area (Å²) < 4.78 is 5.40. The molecule has 0 aliphatic carbocycles. The highest BCUT2D eigenvalue weighted by atomic mass is 16.5. The molecular weight excluding hydrogens is 314 g/mol. The van der Waals surface area contributed by atoms with E-state index in [4.69, 9.17) is 4.74 Å². The second-order valence-electron chi connectivity index (χ2n) is 6.05. The molecule has 0 bridgehead atoms. The summed E-state index contributed by atoms with van der Waals surface area (Å²) >= 11 is 0. The van der Waals surface area contributed by atoms with Gasteiger partial charge in [-0.25, -0.2) is 0 Å². The van der Waals surface area contributed by atoms with Crippen molar-refractivity contribution in [2.24, 2.45) is 0 Å². The van der Waals surface area contributed by atoms with Crippen LogP contribution in [0.5, 0.6) is 5.75 Å². The van der Waals surface area contributed by atoms with Crippen LogP contribution >= 0.6 is 0 Å². The highest BCUT2D eigenvalue weighted by Gasteiger charge is 2.42. The van der Waals surface area contributed by atoms with Gasteiger partial charge in [0.1, 0.15) is 11.8 Å². The Bertz CT molecular complexity index is 816. The van der Waals surface area contributed by atoms with Crippen LogP contribution in [0.4, 0.5) is 0 Å². The van der Waals surface area contributed by atoms with Crippen molar-refractivity contribution in [3.8, 4) is 5.75 Å². The first-order valence-electron chi connectivity index (χ1n) is 7.67. The van der Waals surface area contributed by atoms with Gasteiger partial charge in [0.15, 0.2) is 0 Å². The van der Waals surface area contributed by atoms with Crippen LogP contribution in [0.15, 0.2) is 6.07 Å². The Morgan fingerprint density at radius 1 is 1.25 bits per heavy atom. The van der Waals surface area contributed by atoms with Crippen molar-refractivity contribution in [2.75, 3.05) is 7.11 Å². The van der Waals surface area contributed by atoms with Crippen LogP contribution in [-0.2, 0) is 22.7 Å². The highest BCUT2D eigenvalue weighted by Crippen LogP contribution is 2.39. The molecule has 4 rings (SSSR count). The molecule has 3 heterocycles. The third-order valence-electron chi connectivity index (χ3n) is 4.74. The lowest BCUT2D eigenvalue weighted by Gasteiger charge is -2.29. The van der Waals surface area contributed by atoms with Gasteiger partial charge in [-0.15, -0.1) is 0 Å². The molecular formula is C16H15N3O5. The van der Waals surface area contributed by atoms with E-state index in [9.17, 15) is 19.2 Å². The van der Waals surface area contributed by atoms with E-state index in [0.29, 0.717) is 41.0 Å². The molecule has 0 spiro atoms. The Morgan fingerprint density at radius 2 is 2.04 bits per heavy atom. The Kier molecular flexibility index (Phi) is 3.09. The van der Waals surface area contributed by atoms with E-state index < -0.39 is 11.9 Å². The molecule has 24 heavy (non-hydrogen) atoms. The van der Waals surface area contributed by atoms with Crippen LogP contribution in [-0.4, -0.2) is 41.7 Å². The first-order chi connectivity index (χ1) is 11.5. The van der Waals surface area contributed by atoms with E-state index in [1.807, 2.05) is 0 Å². The van der Waals surface area contributed by atoms with Crippen LogP contribution in [0.1, 0.15) is 44.7 Å². The third kappa shape index (κ3) is 1.92. The number of hydrogen-bond donors (Lipinski definition) is 2. The summed E-state index contributed by atoms with van der Waals surface area (Å²) in [5, 5.41) is 4.99. The fourth-order valence-corrected chi connectivity index (χ4v) is 3.61. The molecule has 1 aromatic rings. The van der Waals surface area contributed by atoms with Crippen molar-refractivity contribution in [2.45, 2.75) is 32.0 Å². The number of fused-ring (bicyclic) bond motifs is 2. The number of nitrogens with one attached hydrogen (secondary N) is 2. The van der Waals surface area contributed by atoms with E-state index in [1.165, 1.54) is 12.0 Å². The van der Waals surface area contributed by atoms with Crippen molar-refractivity contribution < 1.29 is 23.9 Å². The molecule has 1 unspecified atom stereocenters. The number of ether oxygens (including phenoxy) is 1. The lowest BCUT2D eigenvalue weighted by atomic mass is 9.99. The van der Waals surface area contributed by atoms with Gasteiger partial charge in [-0.05, 0) is 18.1 Å². The average Bonchev–Trinajstić information content (AvgIpc) is 3.07. The van der Waals surface area contributed by atoms with Gasteiger partial charge in [-0.1, -0.05) is 0 Å². The second kappa shape index (κ2) is 5.05. The summed E-state index contributed by atoms with van der Waals surface area (Å²) in [4.78, 5) is 49.6. The topological polar surface area (TPSA) is 105 Å². The first-order valence-corrected chi connectivity index (χ1v) is 7.67. The first kappa shape index (κ1) is 14.7. The number of nitrogens with zero attached hydrogens (tertiary/aromatic N) is 1. The van der Waals surface area contributed by atoms with Gasteiger partial charge in [0, 0.05) is 24.1 Å². The maximum absolute atomic E-state index is 12.8. The number of carbonyl (C=O) groups excluding carboxylic acids is 4. The minimum absolute atomic E-state index is 0.185. The minimum Gasteiger partial charge on any atom is -0.496 e. The smallest absolute Gasteiger partial charge is 0.255 e. The van der Waals surface area contributed by atoms with Gasteiger partial charge in [-0.3, -0.25) is 24.5 Å². The molecule has 3 aliphatic heterocycles. The number of piperidine rings is 1. The van der Waals surface area contributed by atoms with Gasteiger partial charge in [0.2, 0.25) is 11.8 Å². The predicted octanol–water partition coefficient (Wildman–Crippen LogP) is -0.300. The zero-order valence-electron chi connectivity index (χ0n) is 13.0. The van der Waals surface area contributed by atoms with E-state index in [0.717, 1.165) is 0 Å². The van der Waals surface area contributed by atoms with Gasteiger partial charge in [0.25, 0.3) is 11.8 Å². The van der Waals surface area contributed by atoms with Gasteiger partial charge in [-0.2, -0.15) is 0 Å². The van der Waals surface area contributed by atoms with Gasteiger partial charge in [0.05, 0.1) is 19.2 Å². The lowest BCUT2D eigenvalue weighted by molar-refractivity contribution is -0.136. The number of rotatable bonds is 2. The van der Waals surface area contributed by atoms with Gasteiger partial charge < -0.3 is 15.0 Å². The Labute approximate surface area is 137 Å². The molecule has 1 saturated heterocycles. The number of methoxy groups -OCH3 is 1. The molecule has 1 aromatic carbocycles. The summed E-state index contributed by atoms with van der Waals surface area (Å²) in [5.74, 6) is -0.901. The molecule has 8 nitrogen and oxygen atoms in total. The van der Waals surface area contributed by atoms with Gasteiger partial charge >= 0.3 is 0 Å². The van der Waals surface area contributed by atoms with Crippen LogP contribution < -0.4 is 15.4 Å². The molecule has 2 N–H and O–H groups in total. The molecule has 124 valence electrons. The lowest BCUT2D eigenvalue weighted by Crippen LogP contribution is -2.52. The zero-order valence-corrected chi connectivity index (χ0v) is 13.0. The predicted molar refractivity (Wildman–Crippen MR) is 80.2 cm³/mol. The van der Waals surface area contributed by atoms with Crippen molar-refractivity contribution in [1.29, 1.82) is 0 Å². The van der Waals surface area contributed by atoms with E-state index in [1.54, 1.807) is 6.07 Å². The SMILES string of the molecule is COc1c2c(cc3c1C(=O)NC3)C(=O)N(C1CCC(=O)NC1=O)C2. The number of benzene rings is 1. The number of hydrogen-bond acceptors (Lipinski definition) is 5. The van der Waals surface area contributed by atoms with Crippen LogP contribution in [0.2, 0.25) is 0 Å². The summed E-state index contributed by atoms with van der Waals surface area (Å²) in [6, 6.07) is 1.01. The molecule has 1 fully saturated rings. The second-order valence-corrected chi connectivity index (χ2v) is 6.05. The van der Waals surface area contributed by atoms with Crippen molar-refractivity contribution in [1.82, 2.24) is 15.5 Å². The van der Waals surface area contributed by atoms with E-state index in [-0.39, 0.29) is 30.7 Å². The summed E-state index contributed by atoms with van der Waals surface area (Å²) in [6.07, 6.45) is 0.499. The fraction of sp³-hybridized carbons (Fsp3) is 0.375. The molecule has 0 aromatic heterocycles. The monoisotopic (exact) mass is 329 g/mol. The average molecular weight is 329 g/mol. The minimum atomic E-state index is -0.684. The van der Waals surface area contributed by atoms with E-state index in [2.05, 4.69) is 10.6 Å². The number of carbonyl (C=O) groups is 4. The maximum Gasteiger partial charge on any atom is 0.255 e. The fourth-order valence-electron chi connectivity index (χ4n) is 3.61. The zero-order chi connectivity index (χ0) is 17.0. The molecule has 3 aliphatic rings. The highest BCUT2D eigenvalue weighted by molar-refractivity contribution is 6.08. The maximum atomic E-state index is 12.8. The normalized spacial score (nSPS) is 22.2. The van der Waals surface area contributed by atoms with Crippen LogP contribution in [0, 0.1) is 0 Å². The van der Waals surface area contributed by atoms with Crippen LogP contribution in [0.3, 0.4) is 0 Å².